The minimum atomic E-state index is -0.182. The molecule has 0 saturated carbocycles. The molecule has 0 aromatic heterocycles. The summed E-state index contributed by atoms with van der Waals surface area (Å²) in [6, 6.07) is 9.64. The van der Waals surface area contributed by atoms with Crippen LogP contribution >= 0.6 is 0 Å². The molecule has 1 atom stereocenters. The Morgan fingerprint density at radius 2 is 1.90 bits per heavy atom. The second-order valence-corrected chi connectivity index (χ2v) is 5.27. The van der Waals surface area contributed by atoms with Gasteiger partial charge in [0.25, 0.3) is 0 Å². The molecule has 0 amide bonds. The maximum atomic E-state index is 11.6. The molecule has 20 heavy (non-hydrogen) atoms. The fourth-order valence-corrected chi connectivity index (χ4v) is 1.97. The molecule has 108 valence electrons. The van der Waals surface area contributed by atoms with Crippen LogP contribution in [0.1, 0.15) is 32.8 Å². The van der Waals surface area contributed by atoms with Crippen LogP contribution < -0.4 is 0 Å². The molecule has 0 spiro atoms. The molecule has 0 aliphatic carbocycles. The quantitative estimate of drug-likeness (QED) is 0.546. The number of hydrogen-bond acceptors (Lipinski definition) is 2. The first-order chi connectivity index (χ1) is 9.58. The van der Waals surface area contributed by atoms with Crippen molar-refractivity contribution in [1.82, 2.24) is 0 Å². The van der Waals surface area contributed by atoms with Crippen molar-refractivity contribution in [3.05, 3.63) is 59.7 Å². The highest BCUT2D eigenvalue weighted by Crippen LogP contribution is 2.07. The predicted molar refractivity (Wildman–Crippen MR) is 83.5 cm³/mol. The molecular formula is C18H24O2. The third kappa shape index (κ3) is 7.57. The third-order valence-corrected chi connectivity index (χ3v) is 2.82. The summed E-state index contributed by atoms with van der Waals surface area (Å²) >= 11 is 0. The first-order valence-corrected chi connectivity index (χ1v) is 7.07. The summed E-state index contributed by atoms with van der Waals surface area (Å²) in [5, 5.41) is 0. The lowest BCUT2D eigenvalue weighted by Gasteiger charge is -2.03. The largest absolute Gasteiger partial charge is 0.461 e. The van der Waals surface area contributed by atoms with Gasteiger partial charge < -0.3 is 4.74 Å². The van der Waals surface area contributed by atoms with E-state index in [1.54, 1.807) is 0 Å². The molecule has 0 aliphatic heterocycles. The van der Waals surface area contributed by atoms with Crippen LogP contribution in [-0.2, 0) is 16.0 Å². The molecule has 0 bridgehead atoms. The van der Waals surface area contributed by atoms with Gasteiger partial charge in [-0.3, -0.25) is 4.79 Å². The van der Waals surface area contributed by atoms with Crippen LogP contribution in [0.2, 0.25) is 0 Å². The number of benzene rings is 1. The van der Waals surface area contributed by atoms with E-state index in [4.69, 9.17) is 4.74 Å². The molecule has 1 aromatic rings. The highest BCUT2D eigenvalue weighted by Gasteiger charge is 2.02. The third-order valence-electron chi connectivity index (χ3n) is 2.82. The minimum Gasteiger partial charge on any atom is -0.461 e. The van der Waals surface area contributed by atoms with Crippen LogP contribution in [-0.4, -0.2) is 12.6 Å². The van der Waals surface area contributed by atoms with Gasteiger partial charge in [-0.2, -0.15) is 0 Å². The first kappa shape index (κ1) is 16.2. The van der Waals surface area contributed by atoms with Gasteiger partial charge in [0.15, 0.2) is 0 Å². The van der Waals surface area contributed by atoms with Crippen molar-refractivity contribution in [2.75, 3.05) is 6.61 Å². The van der Waals surface area contributed by atoms with E-state index < -0.39 is 0 Å². The van der Waals surface area contributed by atoms with Gasteiger partial charge in [-0.15, -0.1) is 0 Å². The SMILES string of the molecule is CC(C)=CC(C)C/C=C/COC(=O)Cc1ccccc1. The van der Waals surface area contributed by atoms with Gasteiger partial charge in [0.1, 0.15) is 6.61 Å². The number of rotatable bonds is 7. The van der Waals surface area contributed by atoms with Crippen LogP contribution in [0, 0.1) is 5.92 Å². The van der Waals surface area contributed by atoms with E-state index in [9.17, 15) is 4.79 Å². The molecule has 2 heteroatoms. The lowest BCUT2D eigenvalue weighted by molar-refractivity contribution is -0.141. The molecule has 1 rings (SSSR count). The van der Waals surface area contributed by atoms with Gasteiger partial charge in [0, 0.05) is 0 Å². The van der Waals surface area contributed by atoms with Gasteiger partial charge in [0.05, 0.1) is 6.42 Å². The average molecular weight is 272 g/mol. The molecule has 2 nitrogen and oxygen atoms in total. The molecule has 1 unspecified atom stereocenters. The standard InChI is InChI=1S/C18H24O2/c1-15(2)13-16(3)9-7-8-12-20-18(19)14-17-10-5-4-6-11-17/h4-8,10-11,13,16H,9,12,14H2,1-3H3/b8-7+. The van der Waals surface area contributed by atoms with Crippen molar-refractivity contribution in [2.24, 2.45) is 5.92 Å². The monoisotopic (exact) mass is 272 g/mol. The van der Waals surface area contributed by atoms with E-state index in [0.29, 0.717) is 18.9 Å². The van der Waals surface area contributed by atoms with E-state index in [2.05, 4.69) is 32.9 Å². The van der Waals surface area contributed by atoms with Crippen molar-refractivity contribution in [3.63, 3.8) is 0 Å². The summed E-state index contributed by atoms with van der Waals surface area (Å²) in [6.07, 6.45) is 7.54. The smallest absolute Gasteiger partial charge is 0.310 e. The minimum absolute atomic E-state index is 0.182. The molecule has 0 radical (unpaired) electrons. The Bertz CT molecular complexity index is 454. The molecular weight excluding hydrogens is 248 g/mol. The normalized spacial score (nSPS) is 12.2. The second-order valence-electron chi connectivity index (χ2n) is 5.27. The number of carbonyl (C=O) groups is 1. The Labute approximate surface area is 122 Å². The Morgan fingerprint density at radius 3 is 2.55 bits per heavy atom. The zero-order valence-corrected chi connectivity index (χ0v) is 12.6. The number of carbonyl (C=O) groups excluding carboxylic acids is 1. The fourth-order valence-electron chi connectivity index (χ4n) is 1.97. The van der Waals surface area contributed by atoms with E-state index in [1.165, 1.54) is 5.57 Å². The Hall–Kier alpha value is -1.83. The number of esters is 1. The van der Waals surface area contributed by atoms with Crippen LogP contribution in [0.4, 0.5) is 0 Å². The Kier molecular flexibility index (Phi) is 7.41. The Morgan fingerprint density at radius 1 is 1.20 bits per heavy atom. The van der Waals surface area contributed by atoms with Gasteiger partial charge in [0.2, 0.25) is 0 Å². The molecule has 0 saturated heterocycles. The second kappa shape index (κ2) is 9.13. The lowest BCUT2D eigenvalue weighted by atomic mass is 10.1. The van der Waals surface area contributed by atoms with Crippen molar-refractivity contribution in [3.8, 4) is 0 Å². The average Bonchev–Trinajstić information content (AvgIpc) is 2.38. The summed E-state index contributed by atoms with van der Waals surface area (Å²) in [5.74, 6) is 0.342. The number of hydrogen-bond donors (Lipinski definition) is 0. The zero-order valence-electron chi connectivity index (χ0n) is 12.6. The zero-order chi connectivity index (χ0) is 14.8. The van der Waals surface area contributed by atoms with Crippen molar-refractivity contribution >= 4 is 5.97 Å². The lowest BCUT2D eigenvalue weighted by Crippen LogP contribution is -2.07. The predicted octanol–water partition coefficient (Wildman–Crippen LogP) is 4.32. The Balaban J connectivity index is 2.20. The summed E-state index contributed by atoms with van der Waals surface area (Å²) in [4.78, 5) is 11.6. The van der Waals surface area contributed by atoms with E-state index in [1.807, 2.05) is 36.4 Å². The van der Waals surface area contributed by atoms with Gasteiger partial charge in [-0.1, -0.05) is 61.1 Å². The molecule has 0 heterocycles. The molecule has 0 N–H and O–H groups in total. The van der Waals surface area contributed by atoms with Crippen molar-refractivity contribution in [2.45, 2.75) is 33.6 Å². The summed E-state index contributed by atoms with van der Waals surface area (Å²) in [6.45, 7) is 6.74. The van der Waals surface area contributed by atoms with Gasteiger partial charge in [-0.05, 0) is 31.7 Å². The summed E-state index contributed by atoms with van der Waals surface area (Å²) in [7, 11) is 0. The van der Waals surface area contributed by atoms with Crippen molar-refractivity contribution < 1.29 is 9.53 Å². The fraction of sp³-hybridized carbons (Fsp3) is 0.389. The number of ether oxygens (including phenoxy) is 1. The van der Waals surface area contributed by atoms with Gasteiger partial charge >= 0.3 is 5.97 Å². The van der Waals surface area contributed by atoms with E-state index in [-0.39, 0.29) is 5.97 Å². The molecule has 0 fully saturated rings. The maximum absolute atomic E-state index is 11.6. The summed E-state index contributed by atoms with van der Waals surface area (Å²) < 4.78 is 5.17. The van der Waals surface area contributed by atoms with Crippen LogP contribution in [0.15, 0.2) is 54.1 Å². The number of allylic oxidation sites excluding steroid dienone is 3. The van der Waals surface area contributed by atoms with Crippen LogP contribution in [0.3, 0.4) is 0 Å². The van der Waals surface area contributed by atoms with E-state index in [0.717, 1.165) is 12.0 Å². The topological polar surface area (TPSA) is 26.3 Å². The highest BCUT2D eigenvalue weighted by atomic mass is 16.5. The highest BCUT2D eigenvalue weighted by molar-refractivity contribution is 5.72. The molecule has 1 aromatic carbocycles. The summed E-state index contributed by atoms with van der Waals surface area (Å²) in [5.41, 5.74) is 2.32. The van der Waals surface area contributed by atoms with E-state index >= 15 is 0 Å². The molecule has 0 aliphatic rings. The van der Waals surface area contributed by atoms with Gasteiger partial charge in [-0.25, -0.2) is 0 Å². The van der Waals surface area contributed by atoms with Crippen LogP contribution in [0.25, 0.3) is 0 Å². The maximum Gasteiger partial charge on any atom is 0.310 e. The van der Waals surface area contributed by atoms with Crippen LogP contribution in [0.5, 0.6) is 0 Å². The van der Waals surface area contributed by atoms with Crippen molar-refractivity contribution in [1.29, 1.82) is 0 Å². The first-order valence-electron chi connectivity index (χ1n) is 7.07.